The summed E-state index contributed by atoms with van der Waals surface area (Å²) in [6.45, 7) is 4.52. The Kier molecular flexibility index (Phi) is 10.1. The summed E-state index contributed by atoms with van der Waals surface area (Å²) < 4.78 is 1.59. The molecule has 3 unspecified atom stereocenters. The Bertz CT molecular complexity index is 539. The number of hydrogen-bond donors (Lipinski definition) is 1. The molecule has 0 aromatic carbocycles. The Morgan fingerprint density at radius 3 is 2.56 bits per heavy atom. The molecular weight excluding hydrogens is 365 g/mol. The number of halogens is 2. The lowest BCUT2D eigenvalue weighted by Crippen LogP contribution is -2.54. The van der Waals surface area contributed by atoms with E-state index in [9.17, 15) is 9.59 Å². The molecule has 1 aromatic heterocycles. The largest absolute Gasteiger partial charge is 0.337 e. The Labute approximate surface area is 161 Å². The lowest BCUT2D eigenvalue weighted by atomic mass is 9.97. The van der Waals surface area contributed by atoms with Crippen molar-refractivity contribution in [3.05, 3.63) is 18.5 Å². The van der Waals surface area contributed by atoms with Crippen molar-refractivity contribution in [2.45, 2.75) is 51.2 Å². The quantitative estimate of drug-likeness (QED) is 0.820. The van der Waals surface area contributed by atoms with Crippen LogP contribution in [0.3, 0.4) is 0 Å². The van der Waals surface area contributed by atoms with E-state index in [2.05, 4.69) is 5.10 Å². The number of nitrogens with zero attached hydrogens (tertiary/aromatic N) is 4. The van der Waals surface area contributed by atoms with E-state index in [-0.39, 0.29) is 55.3 Å². The summed E-state index contributed by atoms with van der Waals surface area (Å²) in [6, 6.07) is 1.37. The first-order valence-electron chi connectivity index (χ1n) is 8.21. The first-order chi connectivity index (χ1) is 10.9. The number of carbonyl (C=O) groups is 2. The molecule has 3 atom stereocenters. The molecule has 25 heavy (non-hydrogen) atoms. The Morgan fingerprint density at radius 1 is 1.32 bits per heavy atom. The van der Waals surface area contributed by atoms with Gasteiger partial charge in [-0.15, -0.1) is 24.8 Å². The zero-order valence-electron chi connectivity index (χ0n) is 15.0. The van der Waals surface area contributed by atoms with Crippen LogP contribution in [0.4, 0.5) is 0 Å². The molecule has 7 nitrogen and oxygen atoms in total. The van der Waals surface area contributed by atoms with E-state index in [1.165, 1.54) is 4.90 Å². The fourth-order valence-electron chi connectivity index (χ4n) is 3.13. The van der Waals surface area contributed by atoms with Crippen molar-refractivity contribution >= 4 is 36.6 Å². The third-order valence-electron chi connectivity index (χ3n) is 4.50. The average molecular weight is 394 g/mol. The molecule has 144 valence electrons. The summed E-state index contributed by atoms with van der Waals surface area (Å²) in [7, 11) is 1.66. The molecule has 1 aromatic rings. The highest BCUT2D eigenvalue weighted by Crippen LogP contribution is 2.19. The van der Waals surface area contributed by atoms with E-state index in [1.54, 1.807) is 37.1 Å². The van der Waals surface area contributed by atoms with Gasteiger partial charge < -0.3 is 15.5 Å². The van der Waals surface area contributed by atoms with Gasteiger partial charge in [0.2, 0.25) is 11.8 Å². The van der Waals surface area contributed by atoms with Crippen LogP contribution in [-0.4, -0.2) is 63.6 Å². The van der Waals surface area contributed by atoms with Crippen molar-refractivity contribution in [2.75, 3.05) is 20.1 Å². The minimum atomic E-state index is -0.423. The fourth-order valence-corrected chi connectivity index (χ4v) is 3.13. The Hall–Kier alpha value is -1.31. The van der Waals surface area contributed by atoms with Crippen LogP contribution in [0.2, 0.25) is 0 Å². The van der Waals surface area contributed by atoms with Crippen LogP contribution in [-0.2, 0) is 9.59 Å². The number of rotatable bonds is 5. The van der Waals surface area contributed by atoms with Gasteiger partial charge in [-0.1, -0.05) is 0 Å². The maximum Gasteiger partial charge on any atom is 0.247 e. The van der Waals surface area contributed by atoms with Crippen LogP contribution in [0, 0.1) is 0 Å². The zero-order valence-corrected chi connectivity index (χ0v) is 16.6. The number of likely N-dealkylation sites (N-methyl/N-ethyl adjacent to an activating group) is 1. The zero-order chi connectivity index (χ0) is 17.0. The second kappa shape index (κ2) is 10.6. The Morgan fingerprint density at radius 2 is 2.00 bits per heavy atom. The second-order valence-corrected chi connectivity index (χ2v) is 6.37. The monoisotopic (exact) mass is 393 g/mol. The molecule has 0 bridgehead atoms. The van der Waals surface area contributed by atoms with Crippen molar-refractivity contribution < 1.29 is 9.59 Å². The fraction of sp³-hybridized carbons (Fsp3) is 0.688. The van der Waals surface area contributed by atoms with Gasteiger partial charge in [0.15, 0.2) is 0 Å². The van der Waals surface area contributed by atoms with Gasteiger partial charge in [-0.3, -0.25) is 14.3 Å². The molecule has 0 radical (unpaired) electrons. The highest BCUT2D eigenvalue weighted by atomic mass is 35.5. The van der Waals surface area contributed by atoms with Gasteiger partial charge in [-0.2, -0.15) is 5.10 Å². The smallest absolute Gasteiger partial charge is 0.247 e. The number of hydrogen-bond acceptors (Lipinski definition) is 4. The highest BCUT2D eigenvalue weighted by Gasteiger charge is 2.31. The molecule has 1 fully saturated rings. The molecule has 2 N–H and O–H groups in total. The Balaban J connectivity index is 0.00000288. The van der Waals surface area contributed by atoms with Crippen molar-refractivity contribution in [1.82, 2.24) is 19.6 Å². The number of nitrogens with two attached hydrogens (primary N) is 1. The highest BCUT2D eigenvalue weighted by molar-refractivity contribution is 5.86. The topological polar surface area (TPSA) is 84.5 Å². The summed E-state index contributed by atoms with van der Waals surface area (Å²) >= 11 is 0. The van der Waals surface area contributed by atoms with Gasteiger partial charge in [0, 0.05) is 38.1 Å². The molecular formula is C16H29Cl2N5O2. The van der Waals surface area contributed by atoms with Gasteiger partial charge in [0.1, 0.15) is 6.04 Å². The summed E-state index contributed by atoms with van der Waals surface area (Å²) in [5.41, 5.74) is 6.01. The molecule has 0 aliphatic carbocycles. The molecule has 9 heteroatoms. The molecule has 2 amide bonds. The van der Waals surface area contributed by atoms with Crippen LogP contribution in [0.1, 0.15) is 39.2 Å². The van der Waals surface area contributed by atoms with Crippen molar-refractivity contribution in [1.29, 1.82) is 0 Å². The summed E-state index contributed by atoms with van der Waals surface area (Å²) in [4.78, 5) is 28.4. The van der Waals surface area contributed by atoms with Crippen molar-refractivity contribution in [2.24, 2.45) is 5.73 Å². The first-order valence-corrected chi connectivity index (χ1v) is 8.21. The van der Waals surface area contributed by atoms with E-state index in [0.717, 1.165) is 25.8 Å². The number of amides is 2. The average Bonchev–Trinajstić information content (AvgIpc) is 3.07. The summed E-state index contributed by atoms with van der Waals surface area (Å²) in [5, 5.41) is 4.08. The number of carbonyl (C=O) groups excluding carboxylic acids is 2. The van der Waals surface area contributed by atoms with E-state index < -0.39 is 6.04 Å². The van der Waals surface area contributed by atoms with Gasteiger partial charge in [-0.05, 0) is 39.2 Å². The summed E-state index contributed by atoms with van der Waals surface area (Å²) in [5.74, 6) is -0.160. The maximum atomic E-state index is 12.6. The number of piperidine rings is 1. The lowest BCUT2D eigenvalue weighted by Gasteiger charge is -2.39. The van der Waals surface area contributed by atoms with E-state index in [4.69, 9.17) is 5.73 Å². The minimum absolute atomic E-state index is 0. The molecule has 2 heterocycles. The van der Waals surface area contributed by atoms with Crippen molar-refractivity contribution in [3.8, 4) is 0 Å². The molecule has 1 saturated heterocycles. The van der Waals surface area contributed by atoms with Crippen LogP contribution in [0.15, 0.2) is 18.5 Å². The van der Waals surface area contributed by atoms with Gasteiger partial charge in [0.25, 0.3) is 0 Å². The normalized spacial score (nSPS) is 19.2. The summed E-state index contributed by atoms with van der Waals surface area (Å²) in [6.07, 6.45) is 6.41. The van der Waals surface area contributed by atoms with Crippen LogP contribution in [0.5, 0.6) is 0 Å². The van der Waals surface area contributed by atoms with E-state index >= 15 is 0 Å². The standard InChI is InChI=1S/C16H27N5O2.2ClH/c1-12(17)14-7-4-5-9-20(14)15(22)11-19(3)16(23)13(2)21-10-6-8-18-21;;/h6,8,10,12-14H,4-5,7,9,11,17H2,1-3H3;2*1H. The van der Waals surface area contributed by atoms with Crippen LogP contribution < -0.4 is 5.73 Å². The van der Waals surface area contributed by atoms with E-state index in [1.807, 2.05) is 11.8 Å². The SMILES string of the molecule is CC(N)C1CCCCN1C(=O)CN(C)C(=O)C(C)n1cccn1.Cl.Cl. The molecule has 0 saturated carbocycles. The third kappa shape index (κ3) is 5.87. The van der Waals surface area contributed by atoms with Gasteiger partial charge in [0.05, 0.1) is 6.54 Å². The predicted molar refractivity (Wildman–Crippen MR) is 102 cm³/mol. The molecule has 1 aliphatic rings. The number of likely N-dealkylation sites (tertiary alicyclic amines) is 1. The first kappa shape index (κ1) is 23.7. The third-order valence-corrected chi connectivity index (χ3v) is 4.50. The van der Waals surface area contributed by atoms with Crippen LogP contribution >= 0.6 is 24.8 Å². The molecule has 0 spiro atoms. The van der Waals surface area contributed by atoms with Crippen LogP contribution in [0.25, 0.3) is 0 Å². The maximum absolute atomic E-state index is 12.6. The minimum Gasteiger partial charge on any atom is -0.337 e. The number of aromatic nitrogens is 2. The van der Waals surface area contributed by atoms with Crippen molar-refractivity contribution in [3.63, 3.8) is 0 Å². The van der Waals surface area contributed by atoms with Gasteiger partial charge >= 0.3 is 0 Å². The molecule has 2 rings (SSSR count). The molecule has 1 aliphatic heterocycles. The predicted octanol–water partition coefficient (Wildman–Crippen LogP) is 1.47. The van der Waals surface area contributed by atoms with Gasteiger partial charge in [-0.25, -0.2) is 0 Å². The lowest BCUT2D eigenvalue weighted by molar-refractivity contribution is -0.143. The van der Waals surface area contributed by atoms with E-state index in [0.29, 0.717) is 0 Å². The second-order valence-electron chi connectivity index (χ2n) is 6.37.